The predicted molar refractivity (Wildman–Crippen MR) is 84.2 cm³/mol. The highest BCUT2D eigenvalue weighted by molar-refractivity contribution is 7.71. The summed E-state index contributed by atoms with van der Waals surface area (Å²) in [5.41, 5.74) is 0. The lowest BCUT2D eigenvalue weighted by Gasteiger charge is -2.25. The van der Waals surface area contributed by atoms with Crippen LogP contribution < -0.4 is 4.90 Å². The van der Waals surface area contributed by atoms with Crippen molar-refractivity contribution in [1.29, 1.82) is 0 Å². The minimum atomic E-state index is 0.707. The molecule has 1 aromatic rings. The third-order valence-electron chi connectivity index (χ3n) is 3.29. The number of hydrogen-bond donors (Lipinski definition) is 1. The lowest BCUT2D eigenvalue weighted by Crippen LogP contribution is -2.30. The van der Waals surface area contributed by atoms with Crippen molar-refractivity contribution in [1.82, 2.24) is 14.8 Å². The van der Waals surface area contributed by atoms with Gasteiger partial charge in [0.25, 0.3) is 0 Å². The lowest BCUT2D eigenvalue weighted by molar-refractivity contribution is 0.524. The van der Waals surface area contributed by atoms with Crippen LogP contribution in [0.1, 0.15) is 47.5 Å². The van der Waals surface area contributed by atoms with Crippen molar-refractivity contribution in [2.75, 3.05) is 18.0 Å². The van der Waals surface area contributed by atoms with E-state index in [4.69, 9.17) is 12.2 Å². The van der Waals surface area contributed by atoms with Crippen LogP contribution in [0.3, 0.4) is 0 Å². The zero-order valence-electron chi connectivity index (χ0n) is 12.9. The van der Waals surface area contributed by atoms with Gasteiger partial charge >= 0.3 is 0 Å². The second-order valence-electron chi connectivity index (χ2n) is 5.93. The molecule has 0 amide bonds. The lowest BCUT2D eigenvalue weighted by atomic mass is 10.1. The van der Waals surface area contributed by atoms with E-state index in [9.17, 15) is 0 Å². The third-order valence-corrected chi connectivity index (χ3v) is 3.60. The van der Waals surface area contributed by atoms with Crippen molar-refractivity contribution >= 4 is 18.2 Å². The average molecular weight is 284 g/mol. The van der Waals surface area contributed by atoms with E-state index in [0.29, 0.717) is 11.8 Å². The molecule has 1 N–H and O–H groups in total. The van der Waals surface area contributed by atoms with E-state index < -0.39 is 0 Å². The SMILES string of the molecule is CCn1c(N(CCC(C)C)CCC(C)C)n[nH]c1=S. The van der Waals surface area contributed by atoms with E-state index in [-0.39, 0.29) is 0 Å². The van der Waals surface area contributed by atoms with E-state index in [1.165, 1.54) is 12.8 Å². The standard InChI is InChI=1S/C14H28N4S/c1-6-18-13(15-16-14(18)19)17(9-7-11(2)3)10-8-12(4)5/h11-12H,6-10H2,1-5H3,(H,16,19). The number of aromatic amines is 1. The summed E-state index contributed by atoms with van der Waals surface area (Å²) in [5.74, 6) is 2.41. The maximum atomic E-state index is 5.28. The van der Waals surface area contributed by atoms with Gasteiger partial charge in [0.1, 0.15) is 0 Å². The van der Waals surface area contributed by atoms with Gasteiger partial charge < -0.3 is 4.90 Å². The fourth-order valence-corrected chi connectivity index (χ4v) is 2.23. The van der Waals surface area contributed by atoms with Gasteiger partial charge in [-0.1, -0.05) is 27.7 Å². The highest BCUT2D eigenvalue weighted by atomic mass is 32.1. The van der Waals surface area contributed by atoms with Crippen molar-refractivity contribution in [3.63, 3.8) is 0 Å². The van der Waals surface area contributed by atoms with Crippen molar-refractivity contribution in [3.8, 4) is 0 Å². The summed E-state index contributed by atoms with van der Waals surface area (Å²) in [6.07, 6.45) is 2.36. The molecule has 0 aromatic carbocycles. The number of anilines is 1. The van der Waals surface area contributed by atoms with Crippen LogP contribution in [0.15, 0.2) is 0 Å². The van der Waals surface area contributed by atoms with Crippen LogP contribution in [-0.4, -0.2) is 27.9 Å². The van der Waals surface area contributed by atoms with Crippen LogP contribution in [0.25, 0.3) is 0 Å². The minimum absolute atomic E-state index is 0.707. The summed E-state index contributed by atoms with van der Waals surface area (Å²) >= 11 is 5.28. The first-order chi connectivity index (χ1) is 8.95. The Bertz CT molecular complexity index is 407. The molecule has 110 valence electrons. The van der Waals surface area contributed by atoms with E-state index in [1.807, 2.05) is 0 Å². The van der Waals surface area contributed by atoms with Crippen molar-refractivity contribution in [3.05, 3.63) is 4.77 Å². The molecule has 0 saturated carbocycles. The topological polar surface area (TPSA) is 36.9 Å². The van der Waals surface area contributed by atoms with Gasteiger partial charge in [-0.25, -0.2) is 5.10 Å². The van der Waals surface area contributed by atoms with Gasteiger partial charge in [-0.2, -0.15) is 0 Å². The highest BCUT2D eigenvalue weighted by Gasteiger charge is 2.14. The number of rotatable bonds is 8. The quantitative estimate of drug-likeness (QED) is 0.737. The molecule has 5 heteroatoms. The van der Waals surface area contributed by atoms with E-state index in [2.05, 4.69) is 54.3 Å². The molecule has 1 heterocycles. The second kappa shape index (κ2) is 7.68. The number of nitrogens with one attached hydrogen (secondary N) is 1. The van der Waals surface area contributed by atoms with Gasteiger partial charge in [-0.05, 0) is 43.8 Å². The Morgan fingerprint density at radius 3 is 2.11 bits per heavy atom. The van der Waals surface area contributed by atoms with E-state index >= 15 is 0 Å². The Kier molecular flexibility index (Phi) is 6.55. The van der Waals surface area contributed by atoms with Crippen LogP contribution in [0.5, 0.6) is 0 Å². The zero-order chi connectivity index (χ0) is 14.4. The summed E-state index contributed by atoms with van der Waals surface area (Å²) in [7, 11) is 0. The maximum Gasteiger partial charge on any atom is 0.225 e. The fourth-order valence-electron chi connectivity index (χ4n) is 1.98. The molecule has 4 nitrogen and oxygen atoms in total. The average Bonchev–Trinajstić information content (AvgIpc) is 2.69. The van der Waals surface area contributed by atoms with Gasteiger partial charge in [-0.3, -0.25) is 4.57 Å². The van der Waals surface area contributed by atoms with Gasteiger partial charge in [0.05, 0.1) is 0 Å². The van der Waals surface area contributed by atoms with Crippen LogP contribution in [0, 0.1) is 16.6 Å². The van der Waals surface area contributed by atoms with Crippen LogP contribution in [0.2, 0.25) is 0 Å². The molecule has 0 aliphatic carbocycles. The monoisotopic (exact) mass is 284 g/mol. The summed E-state index contributed by atoms with van der Waals surface area (Å²) in [4.78, 5) is 2.37. The van der Waals surface area contributed by atoms with Gasteiger partial charge in [-0.15, -0.1) is 5.10 Å². The molecule has 0 unspecified atom stereocenters. The van der Waals surface area contributed by atoms with Crippen molar-refractivity contribution in [2.24, 2.45) is 11.8 Å². The Labute approximate surface area is 122 Å². The molecule has 0 saturated heterocycles. The summed E-state index contributed by atoms with van der Waals surface area (Å²) in [6.45, 7) is 14.1. The van der Waals surface area contributed by atoms with E-state index in [0.717, 1.165) is 30.4 Å². The summed E-state index contributed by atoms with van der Waals surface area (Å²) < 4.78 is 2.80. The van der Waals surface area contributed by atoms with Gasteiger partial charge in [0.15, 0.2) is 4.77 Å². The van der Waals surface area contributed by atoms with Crippen molar-refractivity contribution in [2.45, 2.75) is 54.0 Å². The number of hydrogen-bond acceptors (Lipinski definition) is 3. The minimum Gasteiger partial charge on any atom is -0.341 e. The Balaban J connectivity index is 2.84. The molecule has 0 bridgehead atoms. The Hall–Kier alpha value is -0.840. The molecule has 1 aromatic heterocycles. The van der Waals surface area contributed by atoms with Crippen LogP contribution in [0.4, 0.5) is 5.95 Å². The van der Waals surface area contributed by atoms with Crippen LogP contribution >= 0.6 is 12.2 Å². The van der Waals surface area contributed by atoms with Crippen LogP contribution in [-0.2, 0) is 6.54 Å². The molecule has 0 atom stereocenters. The third kappa shape index (κ3) is 4.97. The highest BCUT2D eigenvalue weighted by Crippen LogP contribution is 2.15. The van der Waals surface area contributed by atoms with Gasteiger partial charge in [0.2, 0.25) is 5.95 Å². The second-order valence-corrected chi connectivity index (χ2v) is 6.31. The van der Waals surface area contributed by atoms with Gasteiger partial charge in [0, 0.05) is 19.6 Å². The molecular formula is C14H28N4S. The first-order valence-corrected chi connectivity index (χ1v) is 7.76. The molecule has 0 aliphatic rings. The Morgan fingerprint density at radius 1 is 1.16 bits per heavy atom. The molecule has 19 heavy (non-hydrogen) atoms. The number of H-pyrrole nitrogens is 1. The summed E-state index contributed by atoms with van der Waals surface area (Å²) in [5, 5.41) is 7.33. The molecule has 0 fully saturated rings. The zero-order valence-corrected chi connectivity index (χ0v) is 13.8. The molecule has 0 radical (unpaired) electrons. The largest absolute Gasteiger partial charge is 0.341 e. The first-order valence-electron chi connectivity index (χ1n) is 7.35. The molecule has 1 rings (SSSR count). The van der Waals surface area contributed by atoms with Crippen molar-refractivity contribution < 1.29 is 0 Å². The maximum absolute atomic E-state index is 5.28. The molecule has 0 spiro atoms. The smallest absolute Gasteiger partial charge is 0.225 e. The number of nitrogens with zero attached hydrogens (tertiary/aromatic N) is 3. The van der Waals surface area contributed by atoms with E-state index in [1.54, 1.807) is 0 Å². The number of aromatic nitrogens is 3. The molecule has 0 aliphatic heterocycles. The molecular weight excluding hydrogens is 256 g/mol. The summed E-state index contributed by atoms with van der Waals surface area (Å²) in [6, 6.07) is 0. The first kappa shape index (κ1) is 16.2. The predicted octanol–water partition coefficient (Wildman–Crippen LogP) is 3.86. The fraction of sp³-hybridized carbons (Fsp3) is 0.857. The Morgan fingerprint density at radius 2 is 1.68 bits per heavy atom. The normalized spacial score (nSPS) is 11.5.